The zero-order valence-corrected chi connectivity index (χ0v) is 17.6. The lowest BCUT2D eigenvalue weighted by molar-refractivity contribution is 0.0504. The van der Waals surface area contributed by atoms with Crippen molar-refractivity contribution in [2.45, 2.75) is 52.2 Å². The van der Waals surface area contributed by atoms with Crippen molar-refractivity contribution in [2.75, 3.05) is 6.61 Å². The van der Waals surface area contributed by atoms with Crippen LogP contribution in [0.4, 0.5) is 9.18 Å². The second-order valence-electron chi connectivity index (χ2n) is 7.91. The number of carboxylic acid groups (broad SMARTS) is 1. The lowest BCUT2D eigenvalue weighted by Gasteiger charge is -2.22. The van der Waals surface area contributed by atoms with Gasteiger partial charge in [0.15, 0.2) is 0 Å². The number of amides is 1. The zero-order valence-electron chi connectivity index (χ0n) is 17.6. The highest BCUT2D eigenvalue weighted by Crippen LogP contribution is 2.28. The molecule has 0 aliphatic heterocycles. The third-order valence-electron chi connectivity index (χ3n) is 4.10. The summed E-state index contributed by atoms with van der Waals surface area (Å²) in [6, 6.07) is 5.67. The molecule has 162 valence electrons. The molecule has 1 aromatic carbocycles. The SMILES string of the molecule is CC(CCCOc1ccc(-c2ccncc2C(=O)O)c(F)c1)NC(=O)OC(C)(C)C. The molecule has 0 bridgehead atoms. The number of rotatable bonds is 8. The van der Waals surface area contributed by atoms with Gasteiger partial charge in [-0.25, -0.2) is 14.0 Å². The number of aromatic carboxylic acids is 1. The number of hydrogen-bond donors (Lipinski definition) is 2. The Morgan fingerprint density at radius 1 is 1.23 bits per heavy atom. The van der Waals surface area contributed by atoms with E-state index in [4.69, 9.17) is 9.47 Å². The molecule has 1 amide bonds. The minimum Gasteiger partial charge on any atom is -0.493 e. The fraction of sp³-hybridized carbons (Fsp3) is 0.409. The maximum absolute atomic E-state index is 14.5. The molecule has 7 nitrogen and oxygen atoms in total. The minimum absolute atomic E-state index is 0.0726. The Morgan fingerprint density at radius 3 is 2.60 bits per heavy atom. The van der Waals surface area contributed by atoms with Crippen molar-refractivity contribution in [1.82, 2.24) is 10.3 Å². The first-order valence-electron chi connectivity index (χ1n) is 9.66. The molecule has 2 aromatic rings. The third-order valence-corrected chi connectivity index (χ3v) is 4.10. The highest BCUT2D eigenvalue weighted by molar-refractivity contribution is 5.95. The second-order valence-corrected chi connectivity index (χ2v) is 7.91. The standard InChI is InChI=1S/C22H27FN2O5/c1-14(25-21(28)30-22(2,3)4)6-5-11-29-15-7-8-17(19(23)12-15)16-9-10-24-13-18(16)20(26)27/h7-10,12-14H,5-6,11H2,1-4H3,(H,25,28)(H,26,27). The molecular formula is C22H27FN2O5. The van der Waals surface area contributed by atoms with Gasteiger partial charge >= 0.3 is 12.1 Å². The first-order chi connectivity index (χ1) is 14.1. The van der Waals surface area contributed by atoms with E-state index in [1.54, 1.807) is 26.8 Å². The molecule has 1 unspecified atom stereocenters. The predicted molar refractivity (Wildman–Crippen MR) is 110 cm³/mol. The summed E-state index contributed by atoms with van der Waals surface area (Å²) in [4.78, 5) is 26.8. The van der Waals surface area contributed by atoms with Crippen LogP contribution in [0.3, 0.4) is 0 Å². The molecule has 30 heavy (non-hydrogen) atoms. The predicted octanol–water partition coefficient (Wildman–Crippen LogP) is 4.66. The number of carbonyl (C=O) groups is 2. The van der Waals surface area contributed by atoms with E-state index in [-0.39, 0.29) is 22.7 Å². The number of carbonyl (C=O) groups excluding carboxylic acids is 1. The molecule has 0 saturated heterocycles. The van der Waals surface area contributed by atoms with Gasteiger partial charge in [0, 0.05) is 35.6 Å². The lowest BCUT2D eigenvalue weighted by Crippen LogP contribution is -2.37. The molecule has 0 saturated carbocycles. The summed E-state index contributed by atoms with van der Waals surface area (Å²) in [5, 5.41) is 12.0. The van der Waals surface area contributed by atoms with Gasteiger partial charge in [0.05, 0.1) is 12.2 Å². The minimum atomic E-state index is -1.17. The monoisotopic (exact) mass is 418 g/mol. The molecule has 0 spiro atoms. The molecule has 0 aliphatic carbocycles. The van der Waals surface area contributed by atoms with E-state index >= 15 is 0 Å². The van der Waals surface area contributed by atoms with Crippen LogP contribution in [0.25, 0.3) is 11.1 Å². The second kappa shape index (κ2) is 10.0. The fourth-order valence-electron chi connectivity index (χ4n) is 2.76. The summed E-state index contributed by atoms with van der Waals surface area (Å²) in [5.41, 5.74) is -0.206. The van der Waals surface area contributed by atoms with Crippen LogP contribution in [-0.4, -0.2) is 40.4 Å². The Hall–Kier alpha value is -3.16. The van der Waals surface area contributed by atoms with Gasteiger partial charge in [-0.2, -0.15) is 0 Å². The van der Waals surface area contributed by atoms with Crippen LogP contribution in [0.2, 0.25) is 0 Å². The van der Waals surface area contributed by atoms with E-state index in [0.717, 1.165) is 0 Å². The normalized spacial score (nSPS) is 12.2. The van der Waals surface area contributed by atoms with Gasteiger partial charge in [-0.3, -0.25) is 4.98 Å². The molecular weight excluding hydrogens is 391 g/mol. The Morgan fingerprint density at radius 2 is 1.97 bits per heavy atom. The highest BCUT2D eigenvalue weighted by Gasteiger charge is 2.18. The molecule has 0 radical (unpaired) electrons. The highest BCUT2D eigenvalue weighted by atomic mass is 19.1. The van der Waals surface area contributed by atoms with Gasteiger partial charge in [-0.05, 0) is 58.7 Å². The number of carboxylic acids is 1. The number of nitrogens with zero attached hydrogens (tertiary/aromatic N) is 1. The van der Waals surface area contributed by atoms with Crippen LogP contribution >= 0.6 is 0 Å². The summed E-state index contributed by atoms with van der Waals surface area (Å²) in [7, 11) is 0. The lowest BCUT2D eigenvalue weighted by atomic mass is 10.0. The number of benzene rings is 1. The van der Waals surface area contributed by atoms with E-state index in [0.29, 0.717) is 25.2 Å². The number of alkyl carbamates (subject to hydrolysis) is 1. The maximum atomic E-state index is 14.5. The van der Waals surface area contributed by atoms with Crippen LogP contribution in [-0.2, 0) is 4.74 Å². The summed E-state index contributed by atoms with van der Waals surface area (Å²) >= 11 is 0. The van der Waals surface area contributed by atoms with Crippen LogP contribution in [0.15, 0.2) is 36.7 Å². The number of aromatic nitrogens is 1. The fourth-order valence-corrected chi connectivity index (χ4v) is 2.76. The summed E-state index contributed by atoms with van der Waals surface area (Å²) in [6.07, 6.45) is 3.45. The summed E-state index contributed by atoms with van der Waals surface area (Å²) < 4.78 is 25.3. The average molecular weight is 418 g/mol. The van der Waals surface area contributed by atoms with Crippen molar-refractivity contribution < 1.29 is 28.6 Å². The van der Waals surface area contributed by atoms with Crippen molar-refractivity contribution in [3.63, 3.8) is 0 Å². The number of hydrogen-bond acceptors (Lipinski definition) is 5. The number of pyridine rings is 1. The van der Waals surface area contributed by atoms with Crippen LogP contribution in [0.5, 0.6) is 5.75 Å². The molecule has 0 aliphatic rings. The number of halogens is 1. The molecule has 2 N–H and O–H groups in total. The van der Waals surface area contributed by atoms with E-state index in [2.05, 4.69) is 10.3 Å². The van der Waals surface area contributed by atoms with E-state index < -0.39 is 23.5 Å². The number of nitrogens with one attached hydrogen (secondary N) is 1. The smallest absolute Gasteiger partial charge is 0.407 e. The van der Waals surface area contributed by atoms with Crippen molar-refractivity contribution in [1.29, 1.82) is 0 Å². The Balaban J connectivity index is 1.87. The van der Waals surface area contributed by atoms with E-state index in [1.165, 1.54) is 30.6 Å². The van der Waals surface area contributed by atoms with Gasteiger partial charge in [0.25, 0.3) is 0 Å². The van der Waals surface area contributed by atoms with Gasteiger partial charge in [-0.15, -0.1) is 0 Å². The molecule has 0 fully saturated rings. The Kier molecular flexibility index (Phi) is 7.74. The topological polar surface area (TPSA) is 97.8 Å². The molecule has 1 aromatic heterocycles. The van der Waals surface area contributed by atoms with Crippen molar-refractivity contribution >= 4 is 12.1 Å². The number of ether oxygens (including phenoxy) is 2. The van der Waals surface area contributed by atoms with Crippen molar-refractivity contribution in [3.8, 4) is 16.9 Å². The summed E-state index contributed by atoms with van der Waals surface area (Å²) in [6.45, 7) is 7.61. The van der Waals surface area contributed by atoms with Gasteiger partial charge in [0.1, 0.15) is 17.2 Å². The van der Waals surface area contributed by atoms with Gasteiger partial charge in [-0.1, -0.05) is 0 Å². The quantitative estimate of drug-likeness (QED) is 0.605. The third kappa shape index (κ3) is 7.02. The van der Waals surface area contributed by atoms with E-state index in [9.17, 15) is 19.1 Å². The Bertz CT molecular complexity index is 895. The maximum Gasteiger partial charge on any atom is 0.407 e. The first-order valence-corrected chi connectivity index (χ1v) is 9.66. The largest absolute Gasteiger partial charge is 0.493 e. The van der Waals surface area contributed by atoms with Crippen LogP contribution in [0.1, 0.15) is 50.9 Å². The molecule has 2 rings (SSSR count). The van der Waals surface area contributed by atoms with Gasteiger partial charge in [0.2, 0.25) is 0 Å². The van der Waals surface area contributed by atoms with Crippen molar-refractivity contribution in [3.05, 3.63) is 48.0 Å². The van der Waals surface area contributed by atoms with Gasteiger partial charge < -0.3 is 19.9 Å². The Labute approximate surface area is 175 Å². The molecule has 1 heterocycles. The molecule has 1 atom stereocenters. The summed E-state index contributed by atoms with van der Waals surface area (Å²) in [5.74, 6) is -1.41. The molecule has 8 heteroatoms. The zero-order chi connectivity index (χ0) is 22.3. The van der Waals surface area contributed by atoms with Crippen molar-refractivity contribution in [2.24, 2.45) is 0 Å². The van der Waals surface area contributed by atoms with Crippen LogP contribution in [0, 0.1) is 5.82 Å². The first kappa shape index (κ1) is 23.1. The van der Waals surface area contributed by atoms with Crippen LogP contribution < -0.4 is 10.1 Å². The van der Waals surface area contributed by atoms with E-state index in [1.807, 2.05) is 6.92 Å². The average Bonchev–Trinajstić information content (AvgIpc) is 2.63.